The van der Waals surface area contributed by atoms with Gasteiger partial charge in [-0.25, -0.2) is 4.98 Å². The van der Waals surface area contributed by atoms with E-state index < -0.39 is 0 Å². The van der Waals surface area contributed by atoms with E-state index in [4.69, 9.17) is 5.11 Å². The Morgan fingerprint density at radius 2 is 2.44 bits per heavy atom. The van der Waals surface area contributed by atoms with E-state index in [1.807, 2.05) is 20.1 Å². The van der Waals surface area contributed by atoms with Crippen LogP contribution in [-0.2, 0) is 4.79 Å². The second-order valence-electron chi connectivity index (χ2n) is 3.87. The summed E-state index contributed by atoms with van der Waals surface area (Å²) in [5.41, 5.74) is 0. The van der Waals surface area contributed by atoms with Gasteiger partial charge < -0.3 is 10.4 Å². The van der Waals surface area contributed by atoms with Gasteiger partial charge in [-0.2, -0.15) is 11.8 Å². The number of thioether (sulfide) groups is 1. The number of amides is 1. The maximum absolute atomic E-state index is 11.7. The number of carbonyl (C=O) groups is 1. The summed E-state index contributed by atoms with van der Waals surface area (Å²) in [6.07, 6.45) is 6.91. The summed E-state index contributed by atoms with van der Waals surface area (Å²) in [6.45, 7) is 3.87. The van der Waals surface area contributed by atoms with Crippen molar-refractivity contribution in [2.45, 2.75) is 25.1 Å². The molecule has 1 aromatic rings. The van der Waals surface area contributed by atoms with Crippen molar-refractivity contribution in [3.05, 3.63) is 22.2 Å². The van der Waals surface area contributed by atoms with Crippen LogP contribution in [0.5, 0.6) is 0 Å². The number of carbonyl (C=O) groups excluding carboxylic acids is 1. The largest absolute Gasteiger partial charge is 0.395 e. The maximum Gasteiger partial charge on any atom is 0.244 e. The average Bonchev–Trinajstić information content (AvgIpc) is 2.74. The summed E-state index contributed by atoms with van der Waals surface area (Å²) in [5.74, 6) is -0.152. The third-order valence-electron chi connectivity index (χ3n) is 2.45. The number of aliphatic hydroxyl groups is 1. The van der Waals surface area contributed by atoms with Gasteiger partial charge in [0.05, 0.1) is 11.6 Å². The first-order chi connectivity index (χ1) is 8.56. The third kappa shape index (κ3) is 4.80. The highest BCUT2D eigenvalue weighted by Gasteiger charge is 2.15. The zero-order chi connectivity index (χ0) is 13.5. The van der Waals surface area contributed by atoms with Crippen molar-refractivity contribution < 1.29 is 9.90 Å². The van der Waals surface area contributed by atoms with E-state index in [-0.39, 0.29) is 23.8 Å². The Morgan fingerprint density at radius 1 is 1.72 bits per heavy atom. The summed E-state index contributed by atoms with van der Waals surface area (Å²) in [5, 5.41) is 13.0. The smallest absolute Gasteiger partial charge is 0.244 e. The van der Waals surface area contributed by atoms with Crippen molar-refractivity contribution in [1.82, 2.24) is 10.3 Å². The first-order valence-corrected chi connectivity index (χ1v) is 7.72. The Balaban J connectivity index is 2.48. The molecule has 100 valence electrons. The first kappa shape index (κ1) is 15.2. The molecule has 2 unspecified atom stereocenters. The van der Waals surface area contributed by atoms with E-state index in [9.17, 15) is 4.79 Å². The normalized spacial score (nSPS) is 14.7. The van der Waals surface area contributed by atoms with Crippen LogP contribution in [0.2, 0.25) is 0 Å². The molecule has 2 N–H and O–H groups in total. The van der Waals surface area contributed by atoms with E-state index in [1.165, 1.54) is 6.08 Å². The van der Waals surface area contributed by atoms with E-state index >= 15 is 0 Å². The number of hydrogen-bond acceptors (Lipinski definition) is 5. The fourth-order valence-electron chi connectivity index (χ4n) is 1.41. The lowest BCUT2D eigenvalue weighted by Crippen LogP contribution is -2.40. The molecule has 1 amide bonds. The van der Waals surface area contributed by atoms with Crippen molar-refractivity contribution in [2.75, 3.05) is 12.9 Å². The second-order valence-corrected chi connectivity index (χ2v) is 6.21. The summed E-state index contributed by atoms with van der Waals surface area (Å²) in [4.78, 5) is 16.7. The number of aryl methyl sites for hydroxylation is 1. The van der Waals surface area contributed by atoms with Crippen LogP contribution in [0.15, 0.2) is 12.3 Å². The molecule has 6 heteroatoms. The lowest BCUT2D eigenvalue weighted by molar-refractivity contribution is -0.117. The Labute approximate surface area is 116 Å². The number of thiazole rings is 1. The molecular formula is C12H18N2O2S2. The van der Waals surface area contributed by atoms with Crippen LogP contribution in [0, 0.1) is 6.92 Å². The lowest BCUT2D eigenvalue weighted by atomic mass is 10.2. The molecule has 0 aliphatic carbocycles. The van der Waals surface area contributed by atoms with E-state index in [1.54, 1.807) is 35.4 Å². The van der Waals surface area contributed by atoms with Crippen molar-refractivity contribution in [3.8, 4) is 0 Å². The summed E-state index contributed by atoms with van der Waals surface area (Å²) in [6, 6.07) is -0.0645. The standard InChI is InChI=1S/C12H18N2O2S2/c1-8(11(7-15)17-3)14-12(16)5-4-10-6-13-9(2)18-10/h4-6,8,11,15H,7H2,1-3H3,(H,14,16). The van der Waals surface area contributed by atoms with Gasteiger partial charge >= 0.3 is 0 Å². The highest BCUT2D eigenvalue weighted by Crippen LogP contribution is 2.13. The van der Waals surface area contributed by atoms with Crippen LogP contribution < -0.4 is 5.32 Å². The number of nitrogens with zero attached hydrogens (tertiary/aromatic N) is 1. The summed E-state index contributed by atoms with van der Waals surface area (Å²) >= 11 is 3.08. The number of aliphatic hydroxyl groups excluding tert-OH is 1. The molecule has 0 radical (unpaired) electrons. The topological polar surface area (TPSA) is 62.2 Å². The van der Waals surface area contributed by atoms with Gasteiger partial charge in [-0.1, -0.05) is 0 Å². The summed E-state index contributed by atoms with van der Waals surface area (Å²) < 4.78 is 0. The highest BCUT2D eigenvalue weighted by molar-refractivity contribution is 7.99. The molecule has 1 aromatic heterocycles. The molecule has 0 aromatic carbocycles. The quantitative estimate of drug-likeness (QED) is 0.781. The van der Waals surface area contributed by atoms with E-state index in [0.717, 1.165) is 9.88 Å². The van der Waals surface area contributed by atoms with Gasteiger partial charge in [-0.3, -0.25) is 4.79 Å². The molecule has 0 bridgehead atoms. The Kier molecular flexibility index (Phi) is 6.38. The van der Waals surface area contributed by atoms with Crippen molar-refractivity contribution in [3.63, 3.8) is 0 Å². The Bertz CT molecular complexity index is 414. The number of aromatic nitrogens is 1. The molecule has 2 atom stereocenters. The number of rotatable bonds is 6. The van der Waals surface area contributed by atoms with Crippen LogP contribution in [0.25, 0.3) is 6.08 Å². The fraction of sp³-hybridized carbons (Fsp3) is 0.500. The average molecular weight is 286 g/mol. The molecule has 18 heavy (non-hydrogen) atoms. The molecule has 0 saturated carbocycles. The van der Waals surface area contributed by atoms with Gasteiger partial charge in [0.15, 0.2) is 0 Å². The minimum Gasteiger partial charge on any atom is -0.395 e. The zero-order valence-corrected chi connectivity index (χ0v) is 12.3. The van der Waals surface area contributed by atoms with Gasteiger partial charge in [0.25, 0.3) is 0 Å². The summed E-state index contributed by atoms with van der Waals surface area (Å²) in [7, 11) is 0. The van der Waals surface area contributed by atoms with Crippen molar-refractivity contribution >= 4 is 35.1 Å². The van der Waals surface area contributed by atoms with Gasteiger partial charge in [-0.05, 0) is 26.2 Å². The van der Waals surface area contributed by atoms with Crippen LogP contribution in [0.1, 0.15) is 16.8 Å². The Hall–Kier alpha value is -0.850. The van der Waals surface area contributed by atoms with Gasteiger partial charge in [0.2, 0.25) is 5.91 Å². The molecule has 1 rings (SSSR count). The zero-order valence-electron chi connectivity index (χ0n) is 10.7. The van der Waals surface area contributed by atoms with E-state index in [2.05, 4.69) is 10.3 Å². The molecule has 0 fully saturated rings. The lowest BCUT2D eigenvalue weighted by Gasteiger charge is -2.20. The SMILES string of the molecule is CSC(CO)C(C)NC(=O)C=Cc1cnc(C)s1. The van der Waals surface area contributed by atoms with Gasteiger partial charge in [0.1, 0.15) is 0 Å². The van der Waals surface area contributed by atoms with Gasteiger partial charge in [0, 0.05) is 28.4 Å². The molecule has 4 nitrogen and oxygen atoms in total. The van der Waals surface area contributed by atoms with Crippen LogP contribution in [-0.4, -0.2) is 40.2 Å². The van der Waals surface area contributed by atoms with Gasteiger partial charge in [-0.15, -0.1) is 11.3 Å². The monoisotopic (exact) mass is 286 g/mol. The predicted octanol–water partition coefficient (Wildman–Crippen LogP) is 1.69. The molecule has 0 aliphatic rings. The molecule has 0 spiro atoms. The van der Waals surface area contributed by atoms with E-state index in [0.29, 0.717) is 0 Å². The molecule has 0 saturated heterocycles. The predicted molar refractivity (Wildman–Crippen MR) is 77.9 cm³/mol. The number of nitrogens with one attached hydrogen (secondary N) is 1. The molecular weight excluding hydrogens is 268 g/mol. The fourth-order valence-corrected chi connectivity index (χ4v) is 2.73. The van der Waals surface area contributed by atoms with Crippen molar-refractivity contribution in [2.24, 2.45) is 0 Å². The Morgan fingerprint density at radius 3 is 2.94 bits per heavy atom. The highest BCUT2D eigenvalue weighted by atomic mass is 32.2. The molecule has 0 aliphatic heterocycles. The first-order valence-electron chi connectivity index (χ1n) is 5.61. The third-order valence-corrected chi connectivity index (χ3v) is 4.49. The van der Waals surface area contributed by atoms with Crippen LogP contribution >= 0.6 is 23.1 Å². The number of hydrogen-bond donors (Lipinski definition) is 2. The second kappa shape index (κ2) is 7.56. The maximum atomic E-state index is 11.7. The minimum absolute atomic E-state index is 0.0213. The van der Waals surface area contributed by atoms with Crippen molar-refractivity contribution in [1.29, 1.82) is 0 Å². The minimum atomic E-state index is -0.152. The molecule has 1 heterocycles. The van der Waals surface area contributed by atoms with Crippen LogP contribution in [0.4, 0.5) is 0 Å². The van der Waals surface area contributed by atoms with Crippen LogP contribution in [0.3, 0.4) is 0 Å².